The SMILES string of the molecule is COC(=O)c1sccc1CSc1cccc(NC(C)=O)c1. The molecular formula is C15H15NO3S2. The maximum atomic E-state index is 11.6. The van der Waals surface area contributed by atoms with Crippen molar-refractivity contribution in [1.29, 1.82) is 0 Å². The molecule has 1 amide bonds. The van der Waals surface area contributed by atoms with Gasteiger partial charge in [-0.3, -0.25) is 4.79 Å². The van der Waals surface area contributed by atoms with Crippen LogP contribution in [0.2, 0.25) is 0 Å². The first-order valence-corrected chi connectivity index (χ1v) is 8.12. The van der Waals surface area contributed by atoms with Gasteiger partial charge in [0.1, 0.15) is 4.88 Å². The highest BCUT2D eigenvalue weighted by Gasteiger charge is 2.13. The van der Waals surface area contributed by atoms with Crippen LogP contribution < -0.4 is 5.32 Å². The molecule has 0 unspecified atom stereocenters. The number of ether oxygens (including phenoxy) is 1. The second-order valence-electron chi connectivity index (χ2n) is 4.26. The minimum absolute atomic E-state index is 0.0945. The van der Waals surface area contributed by atoms with E-state index in [4.69, 9.17) is 4.74 Å². The summed E-state index contributed by atoms with van der Waals surface area (Å²) in [6.07, 6.45) is 0. The summed E-state index contributed by atoms with van der Waals surface area (Å²) in [5.74, 6) is 0.285. The molecule has 1 heterocycles. The highest BCUT2D eigenvalue weighted by molar-refractivity contribution is 7.98. The first-order valence-electron chi connectivity index (χ1n) is 6.25. The summed E-state index contributed by atoms with van der Waals surface area (Å²) in [7, 11) is 1.38. The number of hydrogen-bond donors (Lipinski definition) is 1. The fraction of sp³-hybridized carbons (Fsp3) is 0.200. The Hall–Kier alpha value is -1.79. The molecule has 0 spiro atoms. The molecule has 2 rings (SSSR count). The second-order valence-corrected chi connectivity index (χ2v) is 6.23. The van der Waals surface area contributed by atoms with Crippen LogP contribution in [0.5, 0.6) is 0 Å². The molecule has 0 fully saturated rings. The Bertz CT molecular complexity index is 652. The van der Waals surface area contributed by atoms with E-state index in [0.29, 0.717) is 10.6 Å². The topological polar surface area (TPSA) is 55.4 Å². The van der Waals surface area contributed by atoms with Gasteiger partial charge in [-0.15, -0.1) is 23.1 Å². The third-order valence-electron chi connectivity index (χ3n) is 2.67. The van der Waals surface area contributed by atoms with Gasteiger partial charge >= 0.3 is 5.97 Å². The number of anilines is 1. The van der Waals surface area contributed by atoms with E-state index < -0.39 is 0 Å². The summed E-state index contributed by atoms with van der Waals surface area (Å²) >= 11 is 2.99. The van der Waals surface area contributed by atoms with Crippen LogP contribution in [0.15, 0.2) is 40.6 Å². The fourth-order valence-electron chi connectivity index (χ4n) is 1.75. The number of rotatable bonds is 5. The molecule has 1 aromatic heterocycles. The molecular weight excluding hydrogens is 306 g/mol. The van der Waals surface area contributed by atoms with Gasteiger partial charge in [0.2, 0.25) is 5.91 Å². The molecule has 110 valence electrons. The van der Waals surface area contributed by atoms with Gasteiger partial charge in [-0.25, -0.2) is 4.79 Å². The molecule has 6 heteroatoms. The van der Waals surface area contributed by atoms with E-state index in [-0.39, 0.29) is 11.9 Å². The molecule has 0 atom stereocenters. The molecule has 0 radical (unpaired) electrons. The van der Waals surface area contributed by atoms with Crippen molar-refractivity contribution in [1.82, 2.24) is 0 Å². The second kappa shape index (κ2) is 7.28. The van der Waals surface area contributed by atoms with Crippen molar-refractivity contribution in [3.8, 4) is 0 Å². The molecule has 2 aromatic rings. The maximum absolute atomic E-state index is 11.6. The Morgan fingerprint density at radius 3 is 2.86 bits per heavy atom. The number of hydrogen-bond acceptors (Lipinski definition) is 5. The van der Waals surface area contributed by atoms with Crippen LogP contribution in [0.3, 0.4) is 0 Å². The first kappa shape index (κ1) is 15.6. The molecule has 0 aliphatic carbocycles. The summed E-state index contributed by atoms with van der Waals surface area (Å²) < 4.78 is 4.76. The third kappa shape index (κ3) is 4.34. The summed E-state index contributed by atoms with van der Waals surface area (Å²) in [4.78, 5) is 24.3. The van der Waals surface area contributed by atoms with E-state index in [1.165, 1.54) is 25.4 Å². The Kier molecular flexibility index (Phi) is 5.41. The number of carbonyl (C=O) groups excluding carboxylic acids is 2. The number of esters is 1. The normalized spacial score (nSPS) is 10.2. The van der Waals surface area contributed by atoms with Crippen molar-refractivity contribution in [2.75, 3.05) is 12.4 Å². The van der Waals surface area contributed by atoms with Gasteiger partial charge < -0.3 is 10.1 Å². The van der Waals surface area contributed by atoms with Crippen molar-refractivity contribution in [3.63, 3.8) is 0 Å². The van der Waals surface area contributed by atoms with Crippen molar-refractivity contribution >= 4 is 40.7 Å². The average Bonchev–Trinajstić information content (AvgIpc) is 2.92. The number of carbonyl (C=O) groups is 2. The molecule has 21 heavy (non-hydrogen) atoms. The summed E-state index contributed by atoms with van der Waals surface area (Å²) in [5, 5.41) is 4.64. The van der Waals surface area contributed by atoms with Crippen molar-refractivity contribution in [2.45, 2.75) is 17.6 Å². The zero-order valence-corrected chi connectivity index (χ0v) is 13.3. The van der Waals surface area contributed by atoms with Crippen molar-refractivity contribution in [3.05, 3.63) is 46.2 Å². The van der Waals surface area contributed by atoms with Gasteiger partial charge in [-0.2, -0.15) is 0 Å². The van der Waals surface area contributed by atoms with Crippen LogP contribution in [0.4, 0.5) is 5.69 Å². The van der Waals surface area contributed by atoms with E-state index in [2.05, 4.69) is 5.32 Å². The maximum Gasteiger partial charge on any atom is 0.348 e. The van der Waals surface area contributed by atoms with E-state index in [1.807, 2.05) is 35.7 Å². The van der Waals surface area contributed by atoms with Crippen LogP contribution in [0.1, 0.15) is 22.2 Å². The van der Waals surface area contributed by atoms with E-state index >= 15 is 0 Å². The Morgan fingerprint density at radius 2 is 2.14 bits per heavy atom. The first-order chi connectivity index (χ1) is 10.1. The number of methoxy groups -OCH3 is 1. The molecule has 0 aliphatic heterocycles. The van der Waals surface area contributed by atoms with E-state index in [0.717, 1.165) is 16.1 Å². The van der Waals surface area contributed by atoms with E-state index in [9.17, 15) is 9.59 Å². The summed E-state index contributed by atoms with van der Waals surface area (Å²) in [5.41, 5.74) is 1.73. The third-order valence-corrected chi connectivity index (χ3v) is 4.65. The number of amides is 1. The minimum Gasteiger partial charge on any atom is -0.465 e. The van der Waals surface area contributed by atoms with Gasteiger partial charge in [-0.05, 0) is 35.2 Å². The zero-order valence-electron chi connectivity index (χ0n) is 11.7. The summed E-state index contributed by atoms with van der Waals surface area (Å²) in [6, 6.07) is 9.55. The van der Waals surface area contributed by atoms with Gasteiger partial charge in [-0.1, -0.05) is 6.07 Å². The lowest BCUT2D eigenvalue weighted by molar-refractivity contribution is -0.114. The van der Waals surface area contributed by atoms with Crippen molar-refractivity contribution in [2.24, 2.45) is 0 Å². The van der Waals surface area contributed by atoms with Gasteiger partial charge in [0.15, 0.2) is 0 Å². The molecule has 0 aliphatic rings. The monoisotopic (exact) mass is 321 g/mol. The number of benzene rings is 1. The Balaban J connectivity index is 2.05. The smallest absolute Gasteiger partial charge is 0.348 e. The lowest BCUT2D eigenvalue weighted by atomic mass is 10.3. The fourth-order valence-corrected chi connectivity index (χ4v) is 3.63. The Morgan fingerprint density at radius 1 is 1.33 bits per heavy atom. The van der Waals surface area contributed by atoms with Gasteiger partial charge in [0.25, 0.3) is 0 Å². The lowest BCUT2D eigenvalue weighted by Crippen LogP contribution is -2.05. The molecule has 0 bridgehead atoms. The van der Waals surface area contributed by atoms with Crippen LogP contribution in [-0.2, 0) is 15.3 Å². The lowest BCUT2D eigenvalue weighted by Gasteiger charge is -2.06. The van der Waals surface area contributed by atoms with Crippen molar-refractivity contribution < 1.29 is 14.3 Å². The van der Waals surface area contributed by atoms with E-state index in [1.54, 1.807) is 11.8 Å². The molecule has 1 N–H and O–H groups in total. The quantitative estimate of drug-likeness (QED) is 0.672. The standard InChI is InChI=1S/C15H15NO3S2/c1-10(17)16-12-4-3-5-13(8-12)21-9-11-6-7-20-14(11)15(18)19-2/h3-8H,9H2,1-2H3,(H,16,17). The molecule has 0 saturated heterocycles. The van der Waals surface area contributed by atoms with Crippen LogP contribution >= 0.6 is 23.1 Å². The average molecular weight is 321 g/mol. The van der Waals surface area contributed by atoms with Gasteiger partial charge in [0.05, 0.1) is 7.11 Å². The molecule has 1 aromatic carbocycles. The van der Waals surface area contributed by atoms with Crippen LogP contribution in [0, 0.1) is 0 Å². The largest absolute Gasteiger partial charge is 0.465 e. The highest BCUT2D eigenvalue weighted by atomic mass is 32.2. The van der Waals surface area contributed by atoms with Gasteiger partial charge in [0, 0.05) is 23.3 Å². The predicted molar refractivity (Wildman–Crippen MR) is 86.0 cm³/mol. The van der Waals surface area contributed by atoms with Crippen LogP contribution in [0.25, 0.3) is 0 Å². The Labute approximate surface area is 131 Å². The predicted octanol–water partition coefficient (Wildman–Crippen LogP) is 3.79. The zero-order chi connectivity index (χ0) is 15.2. The van der Waals surface area contributed by atoms with Crippen LogP contribution in [-0.4, -0.2) is 19.0 Å². The number of thioether (sulfide) groups is 1. The number of nitrogens with one attached hydrogen (secondary N) is 1. The highest BCUT2D eigenvalue weighted by Crippen LogP contribution is 2.28. The molecule has 4 nitrogen and oxygen atoms in total. The number of thiophene rings is 1. The minimum atomic E-state index is -0.299. The molecule has 0 saturated carbocycles. The summed E-state index contributed by atoms with van der Waals surface area (Å²) in [6.45, 7) is 1.48.